The summed E-state index contributed by atoms with van der Waals surface area (Å²) in [5.41, 5.74) is 0. The fourth-order valence-corrected chi connectivity index (χ4v) is 2.53. The zero-order chi connectivity index (χ0) is 18.9. The van der Waals surface area contributed by atoms with E-state index in [4.69, 9.17) is 9.47 Å². The van der Waals surface area contributed by atoms with Crippen LogP contribution < -0.4 is 5.32 Å². The minimum absolute atomic E-state index is 0.0141. The molecule has 1 N–H and O–H groups in total. The molecule has 0 aromatic rings. The first-order chi connectivity index (χ1) is 12.1. The Balaban J connectivity index is 4.00. The summed E-state index contributed by atoms with van der Waals surface area (Å²) in [6, 6.07) is -0.636. The Morgan fingerprint density at radius 2 is 1.40 bits per heavy atom. The fourth-order valence-electron chi connectivity index (χ4n) is 2.53. The summed E-state index contributed by atoms with van der Waals surface area (Å²) in [7, 11) is 0. The number of alkyl carbamates (subject to hydrolysis) is 1. The normalized spacial score (nSPS) is 13.1. The summed E-state index contributed by atoms with van der Waals surface area (Å²) in [6.07, 6.45) is 10.6. The smallest absolute Gasteiger partial charge is 0.407 e. The number of nitrogens with one attached hydrogen (secondary N) is 1. The Morgan fingerprint density at radius 1 is 0.800 bits per heavy atom. The number of ether oxygens (including phenoxy) is 2. The molecule has 0 aliphatic heterocycles. The van der Waals surface area contributed by atoms with Crippen molar-refractivity contribution in [1.29, 1.82) is 0 Å². The van der Waals surface area contributed by atoms with Crippen LogP contribution in [0.15, 0.2) is 0 Å². The quantitative estimate of drug-likeness (QED) is 0.322. The summed E-state index contributed by atoms with van der Waals surface area (Å²) in [5, 5.41) is 2.65. The topological polar surface area (TPSA) is 64.6 Å². The number of carbonyl (C=O) groups is 2. The van der Waals surface area contributed by atoms with Crippen LogP contribution >= 0.6 is 0 Å². The van der Waals surface area contributed by atoms with Crippen LogP contribution in [-0.4, -0.2) is 31.3 Å². The summed E-state index contributed by atoms with van der Waals surface area (Å²) < 4.78 is 10.4. The lowest BCUT2D eigenvalue weighted by Gasteiger charge is -2.22. The van der Waals surface area contributed by atoms with Gasteiger partial charge in [0, 0.05) is 0 Å². The second kappa shape index (κ2) is 16.2. The highest BCUT2D eigenvalue weighted by atomic mass is 16.6. The zero-order valence-corrected chi connectivity index (χ0v) is 16.8. The number of hydrogen-bond acceptors (Lipinski definition) is 4. The molecule has 0 aliphatic carbocycles. The molecule has 5 nitrogen and oxygen atoms in total. The van der Waals surface area contributed by atoms with Gasteiger partial charge in [-0.1, -0.05) is 79.1 Å². The van der Waals surface area contributed by atoms with Gasteiger partial charge in [-0.15, -0.1) is 0 Å². The zero-order valence-electron chi connectivity index (χ0n) is 16.8. The molecule has 0 saturated carbocycles. The number of hydrogen-bond donors (Lipinski definition) is 1. The molecule has 0 fully saturated rings. The molecule has 0 aliphatic rings. The van der Waals surface area contributed by atoms with Gasteiger partial charge in [0.2, 0.25) is 0 Å². The Morgan fingerprint density at radius 3 is 1.96 bits per heavy atom. The second-order valence-corrected chi connectivity index (χ2v) is 6.79. The second-order valence-electron chi connectivity index (χ2n) is 6.79. The van der Waals surface area contributed by atoms with Crippen LogP contribution in [0.25, 0.3) is 0 Å². The first kappa shape index (κ1) is 23.7. The van der Waals surface area contributed by atoms with Gasteiger partial charge in [-0.2, -0.15) is 0 Å². The van der Waals surface area contributed by atoms with E-state index < -0.39 is 12.1 Å². The number of esters is 1. The predicted octanol–water partition coefficient (Wildman–Crippen LogP) is 5.22. The van der Waals surface area contributed by atoms with Crippen molar-refractivity contribution in [3.63, 3.8) is 0 Å². The molecule has 0 spiro atoms. The lowest BCUT2D eigenvalue weighted by atomic mass is 9.99. The molecule has 0 rings (SSSR count). The standard InChI is InChI=1S/C20H39NO4/c1-5-8-9-10-11-12-13-14-16-24-19(22)18(17(4)7-3)21-20(23)25-15-6-2/h17-18H,5-16H2,1-4H3,(H,21,23). The molecule has 0 radical (unpaired) electrons. The average molecular weight is 358 g/mol. The van der Waals surface area contributed by atoms with E-state index in [1.54, 1.807) is 0 Å². The van der Waals surface area contributed by atoms with Crippen LogP contribution in [-0.2, 0) is 14.3 Å². The van der Waals surface area contributed by atoms with Crippen LogP contribution in [0.1, 0.15) is 91.9 Å². The predicted molar refractivity (Wildman–Crippen MR) is 102 cm³/mol. The molecular formula is C20H39NO4. The SMILES string of the molecule is CCCCCCCCCCOC(=O)C(NC(=O)OCCC)C(C)CC. The third-order valence-corrected chi connectivity index (χ3v) is 4.42. The maximum Gasteiger partial charge on any atom is 0.407 e. The van der Waals surface area contributed by atoms with E-state index in [1.807, 2.05) is 20.8 Å². The van der Waals surface area contributed by atoms with Crippen molar-refractivity contribution >= 4 is 12.1 Å². The van der Waals surface area contributed by atoms with Gasteiger partial charge in [0.1, 0.15) is 6.04 Å². The lowest BCUT2D eigenvalue weighted by molar-refractivity contribution is -0.147. The first-order valence-corrected chi connectivity index (χ1v) is 10.2. The van der Waals surface area contributed by atoms with Crippen molar-refractivity contribution in [2.24, 2.45) is 5.92 Å². The van der Waals surface area contributed by atoms with Crippen molar-refractivity contribution < 1.29 is 19.1 Å². The van der Waals surface area contributed by atoms with E-state index in [2.05, 4.69) is 12.2 Å². The van der Waals surface area contributed by atoms with Gasteiger partial charge >= 0.3 is 12.1 Å². The monoisotopic (exact) mass is 357 g/mol. The number of rotatable bonds is 15. The largest absolute Gasteiger partial charge is 0.464 e. The maximum absolute atomic E-state index is 12.3. The van der Waals surface area contributed by atoms with E-state index in [9.17, 15) is 9.59 Å². The van der Waals surface area contributed by atoms with Crippen LogP contribution in [0.2, 0.25) is 0 Å². The Kier molecular flexibility index (Phi) is 15.4. The highest BCUT2D eigenvalue weighted by Gasteiger charge is 2.27. The number of amides is 1. The van der Waals surface area contributed by atoms with E-state index >= 15 is 0 Å². The van der Waals surface area contributed by atoms with Crippen molar-refractivity contribution in [2.75, 3.05) is 13.2 Å². The summed E-state index contributed by atoms with van der Waals surface area (Å²) in [5.74, 6) is -0.342. The van der Waals surface area contributed by atoms with Crippen LogP contribution in [0, 0.1) is 5.92 Å². The molecule has 25 heavy (non-hydrogen) atoms. The van der Waals surface area contributed by atoms with Gasteiger partial charge in [0.05, 0.1) is 13.2 Å². The third kappa shape index (κ3) is 12.7. The van der Waals surface area contributed by atoms with Gasteiger partial charge in [-0.25, -0.2) is 9.59 Å². The van der Waals surface area contributed by atoms with Gasteiger partial charge < -0.3 is 14.8 Å². The highest BCUT2D eigenvalue weighted by Crippen LogP contribution is 2.11. The summed E-state index contributed by atoms with van der Waals surface area (Å²) in [4.78, 5) is 24.0. The molecule has 2 atom stereocenters. The third-order valence-electron chi connectivity index (χ3n) is 4.42. The molecule has 2 unspecified atom stereocenters. The minimum Gasteiger partial charge on any atom is -0.464 e. The van der Waals surface area contributed by atoms with Crippen molar-refractivity contribution in [2.45, 2.75) is 97.9 Å². The molecule has 0 heterocycles. The summed E-state index contributed by atoms with van der Waals surface area (Å²) in [6.45, 7) is 8.85. The number of unbranched alkanes of at least 4 members (excludes halogenated alkanes) is 7. The Bertz CT molecular complexity index is 347. The van der Waals surface area contributed by atoms with E-state index in [0.717, 1.165) is 25.7 Å². The van der Waals surface area contributed by atoms with Gasteiger partial charge in [-0.05, 0) is 18.8 Å². The average Bonchev–Trinajstić information content (AvgIpc) is 2.62. The summed E-state index contributed by atoms with van der Waals surface area (Å²) >= 11 is 0. The molecule has 1 amide bonds. The molecule has 148 valence electrons. The lowest BCUT2D eigenvalue weighted by Crippen LogP contribution is -2.46. The highest BCUT2D eigenvalue weighted by molar-refractivity contribution is 5.81. The first-order valence-electron chi connectivity index (χ1n) is 10.2. The molecular weight excluding hydrogens is 318 g/mol. The van der Waals surface area contributed by atoms with Crippen molar-refractivity contribution in [3.05, 3.63) is 0 Å². The molecule has 0 aromatic heterocycles. The molecule has 0 saturated heterocycles. The number of carbonyl (C=O) groups excluding carboxylic acids is 2. The fraction of sp³-hybridized carbons (Fsp3) is 0.900. The van der Waals surface area contributed by atoms with Crippen LogP contribution in [0.4, 0.5) is 4.79 Å². The minimum atomic E-state index is -0.636. The van der Waals surface area contributed by atoms with Gasteiger partial charge in [0.25, 0.3) is 0 Å². The van der Waals surface area contributed by atoms with Crippen LogP contribution in [0.5, 0.6) is 0 Å². The molecule has 0 bridgehead atoms. The Hall–Kier alpha value is -1.26. The van der Waals surface area contributed by atoms with Crippen LogP contribution in [0.3, 0.4) is 0 Å². The van der Waals surface area contributed by atoms with Crippen molar-refractivity contribution in [1.82, 2.24) is 5.32 Å². The van der Waals surface area contributed by atoms with E-state index in [-0.39, 0.29) is 11.9 Å². The van der Waals surface area contributed by atoms with Gasteiger partial charge in [-0.3, -0.25) is 0 Å². The van der Waals surface area contributed by atoms with Gasteiger partial charge in [0.15, 0.2) is 0 Å². The van der Waals surface area contributed by atoms with Crippen molar-refractivity contribution in [3.8, 4) is 0 Å². The maximum atomic E-state index is 12.3. The molecule has 5 heteroatoms. The molecule has 0 aromatic carbocycles. The Labute approximate surface area is 154 Å². The van der Waals surface area contributed by atoms with E-state index in [0.29, 0.717) is 13.2 Å². The van der Waals surface area contributed by atoms with E-state index in [1.165, 1.54) is 38.5 Å².